The van der Waals surface area contributed by atoms with Crippen LogP contribution in [0.25, 0.3) is 11.0 Å². The van der Waals surface area contributed by atoms with Crippen LogP contribution in [0.1, 0.15) is 32.2 Å². The van der Waals surface area contributed by atoms with E-state index in [0.29, 0.717) is 17.7 Å². The van der Waals surface area contributed by atoms with E-state index in [-0.39, 0.29) is 23.6 Å². The maximum Gasteiger partial charge on any atom is 0.408 e. The van der Waals surface area contributed by atoms with Gasteiger partial charge in [-0.25, -0.2) is 14.5 Å². The molecule has 0 spiro atoms. The lowest BCUT2D eigenvalue weighted by molar-refractivity contribution is 0.0522. The number of methoxy groups -OCH3 is 1. The van der Waals surface area contributed by atoms with Gasteiger partial charge in [0, 0.05) is 5.69 Å². The number of ether oxygens (including phenoxy) is 2. The van der Waals surface area contributed by atoms with Crippen LogP contribution in [0.2, 0.25) is 0 Å². The highest BCUT2D eigenvalue weighted by molar-refractivity contribution is 5.88. The Kier molecular flexibility index (Phi) is 6.72. The number of H-pyrrole nitrogens is 1. The third-order valence-corrected chi connectivity index (χ3v) is 4.99. The number of benzene rings is 2. The van der Waals surface area contributed by atoms with E-state index in [4.69, 9.17) is 9.47 Å². The Morgan fingerprint density at radius 2 is 1.80 bits per heavy atom. The molecule has 0 saturated carbocycles. The number of rotatable bonds is 7. The van der Waals surface area contributed by atoms with Gasteiger partial charge in [-0.05, 0) is 50.6 Å². The molecule has 2 aromatic carbocycles. The maximum absolute atomic E-state index is 13.1. The van der Waals surface area contributed by atoms with E-state index in [9.17, 15) is 9.59 Å². The molecule has 3 N–H and O–H groups in total. The van der Waals surface area contributed by atoms with E-state index in [1.165, 1.54) is 0 Å². The number of carbonyl (C=O) groups is 1. The average Bonchev–Trinajstić information content (AvgIpc) is 3.15. The van der Waals surface area contributed by atoms with Crippen molar-refractivity contribution in [2.45, 2.75) is 39.5 Å². The first-order valence-electron chi connectivity index (χ1n) is 11.1. The number of nitrogens with one attached hydrogen (secondary N) is 3. The standard InChI is InChI=1S/C25H28N6O4/c1-25(2,3)35-24(33)26-14-19-28-21-20(23(32)29-19)22(27-17-8-6-5-7-9-17)31(30-21)15-16-10-12-18(34-4)13-11-16/h5-13,27H,14-15H2,1-4H3,(H,26,33)(H,28,29,30,32). The van der Waals surface area contributed by atoms with Gasteiger partial charge in [0.25, 0.3) is 5.56 Å². The van der Waals surface area contributed by atoms with Gasteiger partial charge in [0.1, 0.15) is 28.4 Å². The smallest absolute Gasteiger partial charge is 0.408 e. The number of nitrogens with zero attached hydrogens (tertiary/aromatic N) is 3. The highest BCUT2D eigenvalue weighted by atomic mass is 16.6. The third kappa shape index (κ3) is 5.97. The predicted molar refractivity (Wildman–Crippen MR) is 133 cm³/mol. The van der Waals surface area contributed by atoms with Crippen LogP contribution in [0.3, 0.4) is 0 Å². The third-order valence-electron chi connectivity index (χ3n) is 4.99. The van der Waals surface area contributed by atoms with Crippen LogP contribution >= 0.6 is 0 Å². The van der Waals surface area contributed by atoms with Crippen LogP contribution in [-0.4, -0.2) is 38.6 Å². The second-order valence-corrected chi connectivity index (χ2v) is 8.91. The SMILES string of the molecule is COc1ccc(Cn2nc3nc(CNC(=O)OC(C)(C)C)[nH]c(=O)c3c2Nc2ccccc2)cc1. The zero-order valence-corrected chi connectivity index (χ0v) is 20.1. The molecule has 0 saturated heterocycles. The van der Waals surface area contributed by atoms with Crippen LogP contribution in [0.15, 0.2) is 59.4 Å². The van der Waals surface area contributed by atoms with Gasteiger partial charge in [-0.2, -0.15) is 0 Å². The molecule has 0 unspecified atom stereocenters. The number of alkyl carbamates (subject to hydrolysis) is 1. The molecule has 182 valence electrons. The van der Waals surface area contributed by atoms with Crippen molar-refractivity contribution < 1.29 is 14.3 Å². The molecule has 0 aliphatic heterocycles. The lowest BCUT2D eigenvalue weighted by Crippen LogP contribution is -2.33. The van der Waals surface area contributed by atoms with Crippen LogP contribution in [0.4, 0.5) is 16.3 Å². The normalized spacial score (nSPS) is 11.3. The molecule has 2 heterocycles. The highest BCUT2D eigenvalue weighted by Gasteiger charge is 2.19. The number of carbonyl (C=O) groups excluding carboxylic acids is 1. The zero-order valence-electron chi connectivity index (χ0n) is 20.1. The van der Waals surface area contributed by atoms with Gasteiger partial charge in [-0.3, -0.25) is 4.79 Å². The molecular formula is C25H28N6O4. The lowest BCUT2D eigenvalue weighted by Gasteiger charge is -2.19. The number of aromatic nitrogens is 4. The number of anilines is 2. The fourth-order valence-electron chi connectivity index (χ4n) is 3.44. The second kappa shape index (κ2) is 9.88. The Hall–Kier alpha value is -4.34. The molecule has 2 aromatic heterocycles. The molecule has 0 bridgehead atoms. The Morgan fingerprint density at radius 1 is 1.09 bits per heavy atom. The van der Waals surface area contributed by atoms with Crippen molar-refractivity contribution in [3.05, 3.63) is 76.3 Å². The summed E-state index contributed by atoms with van der Waals surface area (Å²) >= 11 is 0. The number of hydrogen-bond donors (Lipinski definition) is 3. The Bertz CT molecular complexity index is 1370. The number of amides is 1. The van der Waals surface area contributed by atoms with Crippen molar-refractivity contribution in [1.29, 1.82) is 0 Å². The second-order valence-electron chi connectivity index (χ2n) is 8.91. The molecule has 0 fully saturated rings. The van der Waals surface area contributed by atoms with Gasteiger partial charge in [0.2, 0.25) is 0 Å². The summed E-state index contributed by atoms with van der Waals surface area (Å²) in [6.45, 7) is 5.72. The summed E-state index contributed by atoms with van der Waals surface area (Å²) in [5.74, 6) is 1.54. The van der Waals surface area contributed by atoms with E-state index in [2.05, 4.69) is 25.7 Å². The molecule has 35 heavy (non-hydrogen) atoms. The van der Waals surface area contributed by atoms with Crippen molar-refractivity contribution in [3.63, 3.8) is 0 Å². The number of para-hydroxylation sites is 1. The van der Waals surface area contributed by atoms with E-state index in [0.717, 1.165) is 17.0 Å². The molecule has 1 amide bonds. The monoisotopic (exact) mass is 476 g/mol. The summed E-state index contributed by atoms with van der Waals surface area (Å²) in [5, 5.41) is 10.8. The summed E-state index contributed by atoms with van der Waals surface area (Å²) in [6, 6.07) is 17.1. The highest BCUT2D eigenvalue weighted by Crippen LogP contribution is 2.24. The molecule has 0 atom stereocenters. The predicted octanol–water partition coefficient (Wildman–Crippen LogP) is 3.94. The quantitative estimate of drug-likeness (QED) is 0.369. The van der Waals surface area contributed by atoms with Crippen molar-refractivity contribution in [2.75, 3.05) is 12.4 Å². The van der Waals surface area contributed by atoms with Crippen molar-refractivity contribution in [2.24, 2.45) is 0 Å². The largest absolute Gasteiger partial charge is 0.497 e. The van der Waals surface area contributed by atoms with E-state index in [1.54, 1.807) is 32.6 Å². The van der Waals surface area contributed by atoms with Gasteiger partial charge < -0.3 is 25.1 Å². The lowest BCUT2D eigenvalue weighted by atomic mass is 10.2. The molecule has 10 heteroatoms. The van der Waals surface area contributed by atoms with Crippen LogP contribution in [0, 0.1) is 0 Å². The molecular weight excluding hydrogens is 448 g/mol. The Balaban J connectivity index is 1.68. The summed E-state index contributed by atoms with van der Waals surface area (Å²) in [7, 11) is 1.62. The number of fused-ring (bicyclic) bond motifs is 1. The Labute approximate surface area is 202 Å². The fraction of sp³-hybridized carbons (Fsp3) is 0.280. The fourth-order valence-corrected chi connectivity index (χ4v) is 3.44. The van der Waals surface area contributed by atoms with Gasteiger partial charge in [-0.15, -0.1) is 5.10 Å². The molecule has 0 aliphatic rings. The first-order chi connectivity index (χ1) is 16.7. The van der Waals surface area contributed by atoms with Gasteiger partial charge in [-0.1, -0.05) is 30.3 Å². The molecule has 4 rings (SSSR count). The minimum atomic E-state index is -0.632. The van der Waals surface area contributed by atoms with E-state index in [1.807, 2.05) is 54.6 Å². The van der Waals surface area contributed by atoms with Gasteiger partial charge in [0.05, 0.1) is 20.2 Å². The molecule has 10 nitrogen and oxygen atoms in total. The molecule has 4 aromatic rings. The first-order valence-corrected chi connectivity index (χ1v) is 11.1. The number of hydrogen-bond acceptors (Lipinski definition) is 7. The average molecular weight is 477 g/mol. The van der Waals surface area contributed by atoms with Crippen molar-refractivity contribution in [3.8, 4) is 5.75 Å². The Morgan fingerprint density at radius 3 is 2.46 bits per heavy atom. The van der Waals surface area contributed by atoms with Crippen LogP contribution < -0.4 is 20.9 Å². The van der Waals surface area contributed by atoms with Crippen LogP contribution in [-0.2, 0) is 17.8 Å². The zero-order chi connectivity index (χ0) is 25.0. The summed E-state index contributed by atoms with van der Waals surface area (Å²) in [6.07, 6.45) is -0.600. The summed E-state index contributed by atoms with van der Waals surface area (Å²) in [5.41, 5.74) is 1.04. The first kappa shape index (κ1) is 23.8. The minimum absolute atomic E-state index is 0.00706. The maximum atomic E-state index is 13.1. The van der Waals surface area contributed by atoms with Gasteiger partial charge >= 0.3 is 6.09 Å². The summed E-state index contributed by atoms with van der Waals surface area (Å²) < 4.78 is 12.2. The van der Waals surface area contributed by atoms with Gasteiger partial charge in [0.15, 0.2) is 5.65 Å². The van der Waals surface area contributed by atoms with Crippen LogP contribution in [0.5, 0.6) is 5.75 Å². The summed E-state index contributed by atoms with van der Waals surface area (Å²) in [4.78, 5) is 32.3. The molecule has 0 aliphatic carbocycles. The molecule has 0 radical (unpaired) electrons. The van der Waals surface area contributed by atoms with Crippen molar-refractivity contribution >= 4 is 28.6 Å². The van der Waals surface area contributed by atoms with E-state index >= 15 is 0 Å². The van der Waals surface area contributed by atoms with Crippen molar-refractivity contribution in [1.82, 2.24) is 25.1 Å². The minimum Gasteiger partial charge on any atom is -0.497 e. The number of aromatic amines is 1. The topological polar surface area (TPSA) is 123 Å². The van der Waals surface area contributed by atoms with E-state index < -0.39 is 11.7 Å².